The van der Waals surface area contributed by atoms with Crippen LogP contribution in [0.15, 0.2) is 23.2 Å². The van der Waals surface area contributed by atoms with E-state index in [4.69, 9.17) is 15.2 Å². The molecule has 0 amide bonds. The Morgan fingerprint density at radius 3 is 2.92 bits per heavy atom. The lowest BCUT2D eigenvalue weighted by Crippen LogP contribution is -2.23. The van der Waals surface area contributed by atoms with E-state index in [-0.39, 0.29) is 24.0 Å². The van der Waals surface area contributed by atoms with Gasteiger partial charge in [0.15, 0.2) is 23.3 Å². The van der Waals surface area contributed by atoms with Gasteiger partial charge in [-0.05, 0) is 18.6 Å². The van der Waals surface area contributed by atoms with Crippen molar-refractivity contribution in [1.82, 2.24) is 14.8 Å². The van der Waals surface area contributed by atoms with Crippen LogP contribution < -0.4 is 20.5 Å². The number of aryl methyl sites for hydroxylation is 1. The van der Waals surface area contributed by atoms with E-state index in [1.54, 1.807) is 0 Å². The highest BCUT2D eigenvalue weighted by Gasteiger charge is 2.16. The number of anilines is 1. The molecule has 2 aliphatic heterocycles. The van der Waals surface area contributed by atoms with Crippen molar-refractivity contribution in [2.75, 3.05) is 18.5 Å². The van der Waals surface area contributed by atoms with Crippen LogP contribution in [0.4, 0.5) is 5.69 Å². The minimum absolute atomic E-state index is 0. The number of aliphatic imine (C=N–C) groups is 1. The number of benzene rings is 1. The number of aromatic nitrogens is 3. The highest BCUT2D eigenvalue weighted by molar-refractivity contribution is 14.0. The fourth-order valence-corrected chi connectivity index (χ4v) is 2.91. The topological polar surface area (TPSA) is 99.6 Å². The van der Waals surface area contributed by atoms with Crippen molar-refractivity contribution in [1.29, 1.82) is 0 Å². The number of halogens is 1. The van der Waals surface area contributed by atoms with Crippen LogP contribution in [0.25, 0.3) is 0 Å². The Labute approximate surface area is 162 Å². The molecule has 0 saturated carbocycles. The molecule has 4 rings (SSSR count). The van der Waals surface area contributed by atoms with Crippen molar-refractivity contribution in [2.45, 2.75) is 32.4 Å². The van der Waals surface area contributed by atoms with E-state index in [1.165, 1.54) is 0 Å². The van der Waals surface area contributed by atoms with Gasteiger partial charge in [-0.25, -0.2) is 4.99 Å². The number of ether oxygens (including phenoxy) is 2. The maximum absolute atomic E-state index is 5.98. The molecule has 8 nitrogen and oxygen atoms in total. The molecule has 0 spiro atoms. The third-order valence-corrected chi connectivity index (χ3v) is 4.10. The first kappa shape index (κ1) is 17.8. The SMILES string of the molecule is I.NC(=NCc1nnc2n1CCC2)Nc1ccc2c(c1)OCCCO2. The van der Waals surface area contributed by atoms with Gasteiger partial charge >= 0.3 is 0 Å². The molecule has 0 radical (unpaired) electrons. The summed E-state index contributed by atoms with van der Waals surface area (Å²) >= 11 is 0. The van der Waals surface area contributed by atoms with Gasteiger partial charge in [0.25, 0.3) is 0 Å². The molecule has 0 aliphatic carbocycles. The third-order valence-electron chi connectivity index (χ3n) is 4.10. The van der Waals surface area contributed by atoms with Gasteiger partial charge in [-0.2, -0.15) is 0 Å². The first-order chi connectivity index (χ1) is 11.8. The number of hydrogen-bond donors (Lipinski definition) is 2. The van der Waals surface area contributed by atoms with E-state index in [9.17, 15) is 0 Å². The molecule has 0 unspecified atom stereocenters. The van der Waals surface area contributed by atoms with E-state index >= 15 is 0 Å². The van der Waals surface area contributed by atoms with Crippen LogP contribution in [0, 0.1) is 0 Å². The number of nitrogens with two attached hydrogens (primary N) is 1. The zero-order valence-electron chi connectivity index (χ0n) is 13.8. The molecular weight excluding hydrogens is 435 g/mol. The van der Waals surface area contributed by atoms with Crippen LogP contribution in [-0.4, -0.2) is 33.9 Å². The molecule has 3 heterocycles. The molecular formula is C16H21IN6O2. The second-order valence-electron chi connectivity index (χ2n) is 5.83. The zero-order valence-corrected chi connectivity index (χ0v) is 16.1. The van der Waals surface area contributed by atoms with E-state index in [0.717, 1.165) is 54.6 Å². The Morgan fingerprint density at radius 2 is 2.04 bits per heavy atom. The van der Waals surface area contributed by atoms with Crippen molar-refractivity contribution in [3.05, 3.63) is 29.8 Å². The quantitative estimate of drug-likeness (QED) is 0.416. The van der Waals surface area contributed by atoms with Crippen LogP contribution in [0.5, 0.6) is 11.5 Å². The van der Waals surface area contributed by atoms with Gasteiger partial charge in [-0.1, -0.05) is 0 Å². The minimum atomic E-state index is 0. The summed E-state index contributed by atoms with van der Waals surface area (Å²) < 4.78 is 13.4. The molecule has 2 aliphatic rings. The molecule has 0 atom stereocenters. The summed E-state index contributed by atoms with van der Waals surface area (Å²) in [5.41, 5.74) is 6.80. The molecule has 0 saturated heterocycles. The Bertz CT molecular complexity index is 776. The molecule has 0 fully saturated rings. The second-order valence-corrected chi connectivity index (χ2v) is 5.83. The predicted molar refractivity (Wildman–Crippen MR) is 105 cm³/mol. The largest absolute Gasteiger partial charge is 0.490 e. The van der Waals surface area contributed by atoms with E-state index in [1.807, 2.05) is 18.2 Å². The standard InChI is InChI=1S/C16H20N6O2.HI/c17-16(18-10-15-21-20-14-3-1-6-22(14)15)19-11-4-5-12-13(9-11)24-8-2-7-23-12;/h4-5,9H,1-3,6-8,10H2,(H3,17,18,19);1H. The lowest BCUT2D eigenvalue weighted by molar-refractivity contribution is 0.297. The summed E-state index contributed by atoms with van der Waals surface area (Å²) in [5.74, 6) is 3.70. The number of nitrogens with zero attached hydrogens (tertiary/aromatic N) is 4. The van der Waals surface area contributed by atoms with E-state index < -0.39 is 0 Å². The summed E-state index contributed by atoms with van der Waals surface area (Å²) in [6.07, 6.45) is 2.98. The number of nitrogens with one attached hydrogen (secondary N) is 1. The van der Waals surface area contributed by atoms with Crippen LogP contribution in [0.2, 0.25) is 0 Å². The van der Waals surface area contributed by atoms with Gasteiger partial charge in [0.2, 0.25) is 0 Å². The fourth-order valence-electron chi connectivity index (χ4n) is 2.91. The second kappa shape index (κ2) is 7.89. The van der Waals surface area contributed by atoms with Crippen molar-refractivity contribution < 1.29 is 9.47 Å². The first-order valence-electron chi connectivity index (χ1n) is 8.17. The van der Waals surface area contributed by atoms with Crippen molar-refractivity contribution in [3.63, 3.8) is 0 Å². The first-order valence-corrected chi connectivity index (χ1v) is 8.17. The van der Waals surface area contributed by atoms with Gasteiger partial charge in [0.05, 0.1) is 13.2 Å². The molecule has 1 aromatic heterocycles. The van der Waals surface area contributed by atoms with Crippen molar-refractivity contribution in [2.24, 2.45) is 10.7 Å². The van der Waals surface area contributed by atoms with Gasteiger partial charge in [-0.15, -0.1) is 34.2 Å². The summed E-state index contributed by atoms with van der Waals surface area (Å²) in [7, 11) is 0. The lowest BCUT2D eigenvalue weighted by Gasteiger charge is -2.10. The van der Waals surface area contributed by atoms with Gasteiger partial charge in [0, 0.05) is 31.1 Å². The zero-order chi connectivity index (χ0) is 16.4. The summed E-state index contributed by atoms with van der Waals surface area (Å²) in [5, 5.41) is 11.4. The van der Waals surface area contributed by atoms with Crippen LogP contribution in [0.1, 0.15) is 24.5 Å². The molecule has 9 heteroatoms. The number of hydrogen-bond acceptors (Lipinski definition) is 5. The number of rotatable bonds is 3. The average molecular weight is 456 g/mol. The highest BCUT2D eigenvalue weighted by Crippen LogP contribution is 2.32. The molecule has 25 heavy (non-hydrogen) atoms. The Balaban J connectivity index is 0.00000182. The monoisotopic (exact) mass is 456 g/mol. The van der Waals surface area contributed by atoms with Gasteiger partial charge < -0.3 is 25.1 Å². The maximum atomic E-state index is 5.98. The normalized spacial score (nSPS) is 15.9. The van der Waals surface area contributed by atoms with Crippen molar-refractivity contribution in [3.8, 4) is 11.5 Å². The molecule has 3 N–H and O–H groups in total. The molecule has 134 valence electrons. The Morgan fingerprint density at radius 1 is 1.20 bits per heavy atom. The van der Waals surface area contributed by atoms with E-state index in [2.05, 4.69) is 25.1 Å². The van der Waals surface area contributed by atoms with Gasteiger partial charge in [-0.3, -0.25) is 0 Å². The smallest absolute Gasteiger partial charge is 0.193 e. The molecule has 2 aromatic rings. The summed E-state index contributed by atoms with van der Waals surface area (Å²) in [4.78, 5) is 4.36. The third kappa shape index (κ3) is 3.97. The van der Waals surface area contributed by atoms with E-state index in [0.29, 0.717) is 25.7 Å². The predicted octanol–water partition coefficient (Wildman–Crippen LogP) is 1.93. The fraction of sp³-hybridized carbons (Fsp3) is 0.438. The van der Waals surface area contributed by atoms with Crippen LogP contribution in [0.3, 0.4) is 0 Å². The summed E-state index contributed by atoms with van der Waals surface area (Å²) in [6.45, 7) is 2.70. The van der Waals surface area contributed by atoms with Crippen molar-refractivity contribution >= 4 is 35.6 Å². The molecule has 0 bridgehead atoms. The Hall–Kier alpha value is -2.04. The number of guanidine groups is 1. The average Bonchev–Trinajstić information content (AvgIpc) is 3.11. The van der Waals surface area contributed by atoms with Gasteiger partial charge in [0.1, 0.15) is 12.4 Å². The molecule has 1 aromatic carbocycles. The Kier molecular flexibility index (Phi) is 5.61. The number of fused-ring (bicyclic) bond motifs is 2. The highest BCUT2D eigenvalue weighted by atomic mass is 127. The maximum Gasteiger partial charge on any atom is 0.193 e. The minimum Gasteiger partial charge on any atom is -0.490 e. The van der Waals surface area contributed by atoms with Crippen LogP contribution in [-0.2, 0) is 19.5 Å². The summed E-state index contributed by atoms with van der Waals surface area (Å²) in [6, 6.07) is 5.64. The lowest BCUT2D eigenvalue weighted by atomic mass is 10.3. The van der Waals surface area contributed by atoms with Crippen LogP contribution >= 0.6 is 24.0 Å².